The van der Waals surface area contributed by atoms with Crippen molar-refractivity contribution in [3.8, 4) is 17.2 Å². The summed E-state index contributed by atoms with van der Waals surface area (Å²) in [5.74, 6) is 0.392. The second-order valence-corrected chi connectivity index (χ2v) is 6.12. The third-order valence-corrected chi connectivity index (χ3v) is 3.92. The smallest absolute Gasteiger partial charge is 0.205 e. The van der Waals surface area contributed by atoms with Gasteiger partial charge in [-0.2, -0.15) is 14.9 Å². The number of nitrogens with zero attached hydrogens (tertiary/aromatic N) is 5. The van der Waals surface area contributed by atoms with Crippen LogP contribution >= 0.6 is 15.9 Å². The molecule has 2 heterocycles. The summed E-state index contributed by atoms with van der Waals surface area (Å²) in [7, 11) is 0. The molecule has 3 aromatic rings. The van der Waals surface area contributed by atoms with E-state index in [1.807, 2.05) is 30.3 Å². The summed E-state index contributed by atoms with van der Waals surface area (Å²) in [5.41, 5.74) is 9.37. The predicted molar refractivity (Wildman–Crippen MR) is 87.1 cm³/mol. The van der Waals surface area contributed by atoms with Crippen LogP contribution in [0, 0.1) is 11.3 Å². The third kappa shape index (κ3) is 2.22. The van der Waals surface area contributed by atoms with E-state index < -0.39 is 0 Å². The number of hydrogen-bond acceptors (Lipinski definition) is 5. The maximum absolute atomic E-state index is 9.03. The number of fused-ring (bicyclic) bond motifs is 1. The van der Waals surface area contributed by atoms with Gasteiger partial charge in [-0.25, -0.2) is 0 Å². The molecule has 0 aliphatic heterocycles. The number of nitrogens with two attached hydrogens (primary N) is 1. The van der Waals surface area contributed by atoms with Gasteiger partial charge in [-0.3, -0.25) is 0 Å². The maximum Gasteiger partial charge on any atom is 0.205 e. The molecule has 0 aliphatic carbocycles. The standard InChI is InChI=1S/C15H13BrN6/c1-8(2)13-12(9-3-5-10(16)6-4-9)15-20-19-11(7-17)14(18)22(15)21-13/h3-6,8H,18H2,1-2H3. The molecule has 6 nitrogen and oxygen atoms in total. The van der Waals surface area contributed by atoms with Gasteiger partial charge in [0.25, 0.3) is 0 Å². The highest BCUT2D eigenvalue weighted by Crippen LogP contribution is 2.33. The monoisotopic (exact) mass is 356 g/mol. The molecular weight excluding hydrogens is 344 g/mol. The van der Waals surface area contributed by atoms with E-state index in [1.54, 1.807) is 0 Å². The Morgan fingerprint density at radius 1 is 1.23 bits per heavy atom. The lowest BCUT2D eigenvalue weighted by atomic mass is 10.00. The molecule has 0 unspecified atom stereocenters. The molecule has 0 saturated heterocycles. The van der Waals surface area contributed by atoms with Crippen LogP contribution in [0.25, 0.3) is 16.8 Å². The Bertz CT molecular complexity index is 889. The summed E-state index contributed by atoms with van der Waals surface area (Å²) in [5, 5.41) is 21.6. The Morgan fingerprint density at radius 2 is 1.91 bits per heavy atom. The SMILES string of the molecule is CC(C)c1nn2c(N)c(C#N)nnc2c1-c1ccc(Br)cc1. The van der Waals surface area contributed by atoms with E-state index in [1.165, 1.54) is 4.52 Å². The second kappa shape index (κ2) is 5.39. The first kappa shape index (κ1) is 14.5. The number of nitriles is 1. The van der Waals surface area contributed by atoms with Crippen molar-refractivity contribution in [1.82, 2.24) is 19.8 Å². The minimum absolute atomic E-state index is 0.0765. The van der Waals surface area contributed by atoms with Gasteiger partial charge < -0.3 is 5.73 Å². The molecule has 22 heavy (non-hydrogen) atoms. The van der Waals surface area contributed by atoms with Gasteiger partial charge in [0.15, 0.2) is 11.5 Å². The fraction of sp³-hybridized carbons (Fsp3) is 0.200. The van der Waals surface area contributed by atoms with Crippen molar-refractivity contribution in [2.75, 3.05) is 5.73 Å². The lowest BCUT2D eigenvalue weighted by Gasteiger charge is -2.05. The molecule has 110 valence electrons. The molecule has 2 aromatic heterocycles. The predicted octanol–water partition coefficient (Wildman–Crippen LogP) is 3.13. The van der Waals surface area contributed by atoms with Crippen molar-refractivity contribution in [3.63, 3.8) is 0 Å². The Morgan fingerprint density at radius 3 is 2.50 bits per heavy atom. The normalized spacial score (nSPS) is 11.0. The zero-order valence-corrected chi connectivity index (χ0v) is 13.7. The quantitative estimate of drug-likeness (QED) is 0.761. The summed E-state index contributed by atoms with van der Waals surface area (Å²) in [6.07, 6.45) is 0. The van der Waals surface area contributed by atoms with Crippen LogP contribution in [0.15, 0.2) is 28.7 Å². The van der Waals surface area contributed by atoms with E-state index in [2.05, 4.69) is 45.1 Å². The van der Waals surface area contributed by atoms with Crippen molar-refractivity contribution in [1.29, 1.82) is 5.26 Å². The lowest BCUT2D eigenvalue weighted by Crippen LogP contribution is -2.06. The molecule has 7 heteroatoms. The Kier molecular flexibility index (Phi) is 3.54. The fourth-order valence-electron chi connectivity index (χ4n) is 2.31. The van der Waals surface area contributed by atoms with Crippen molar-refractivity contribution in [3.05, 3.63) is 40.1 Å². The Balaban J connectivity index is 2.37. The number of halogens is 1. The topological polar surface area (TPSA) is 92.9 Å². The Hall–Kier alpha value is -2.46. The molecule has 1 aromatic carbocycles. The average molecular weight is 357 g/mol. The van der Waals surface area contributed by atoms with Crippen molar-refractivity contribution >= 4 is 27.4 Å². The van der Waals surface area contributed by atoms with E-state index in [9.17, 15) is 0 Å². The molecular formula is C15H13BrN6. The van der Waals surface area contributed by atoms with Gasteiger partial charge in [0, 0.05) is 4.47 Å². The van der Waals surface area contributed by atoms with Gasteiger partial charge >= 0.3 is 0 Å². The first-order valence-corrected chi connectivity index (χ1v) is 7.53. The molecule has 0 bridgehead atoms. The molecule has 0 saturated carbocycles. The van der Waals surface area contributed by atoms with E-state index in [0.29, 0.717) is 5.65 Å². The molecule has 0 aliphatic rings. The van der Waals surface area contributed by atoms with Crippen molar-refractivity contribution in [2.24, 2.45) is 0 Å². The molecule has 3 rings (SSSR count). The van der Waals surface area contributed by atoms with Gasteiger partial charge in [0.1, 0.15) is 6.07 Å². The number of benzene rings is 1. The van der Waals surface area contributed by atoms with Crippen LogP contribution in [0.5, 0.6) is 0 Å². The number of hydrogen-bond donors (Lipinski definition) is 1. The first-order chi connectivity index (χ1) is 10.5. The molecule has 2 N–H and O–H groups in total. The van der Waals surface area contributed by atoms with Crippen LogP contribution in [-0.4, -0.2) is 19.8 Å². The highest BCUT2D eigenvalue weighted by atomic mass is 79.9. The highest BCUT2D eigenvalue weighted by Gasteiger charge is 2.21. The second-order valence-electron chi connectivity index (χ2n) is 5.20. The summed E-state index contributed by atoms with van der Waals surface area (Å²) >= 11 is 3.43. The zero-order valence-electron chi connectivity index (χ0n) is 12.1. The fourth-order valence-corrected chi connectivity index (χ4v) is 2.58. The summed E-state index contributed by atoms with van der Waals surface area (Å²) in [4.78, 5) is 0. The van der Waals surface area contributed by atoms with Crippen LogP contribution in [-0.2, 0) is 0 Å². The van der Waals surface area contributed by atoms with Crippen LogP contribution < -0.4 is 5.73 Å². The number of rotatable bonds is 2. The van der Waals surface area contributed by atoms with E-state index in [-0.39, 0.29) is 17.4 Å². The van der Waals surface area contributed by atoms with Crippen molar-refractivity contribution in [2.45, 2.75) is 19.8 Å². The number of aromatic nitrogens is 4. The maximum atomic E-state index is 9.03. The molecule has 0 spiro atoms. The van der Waals surface area contributed by atoms with E-state index in [0.717, 1.165) is 21.3 Å². The molecule has 0 atom stereocenters. The molecule has 0 fully saturated rings. The van der Waals surface area contributed by atoms with Crippen molar-refractivity contribution < 1.29 is 0 Å². The number of anilines is 1. The van der Waals surface area contributed by atoms with Gasteiger partial charge in [-0.05, 0) is 23.6 Å². The molecule has 0 radical (unpaired) electrons. The Labute approximate surface area is 135 Å². The first-order valence-electron chi connectivity index (χ1n) is 6.73. The highest BCUT2D eigenvalue weighted by molar-refractivity contribution is 9.10. The van der Waals surface area contributed by atoms with Crippen LogP contribution in [0.2, 0.25) is 0 Å². The average Bonchev–Trinajstić information content (AvgIpc) is 2.89. The van der Waals surface area contributed by atoms with Crippen LogP contribution in [0.1, 0.15) is 31.2 Å². The molecule has 0 amide bonds. The van der Waals surface area contributed by atoms with Crippen LogP contribution in [0.3, 0.4) is 0 Å². The summed E-state index contributed by atoms with van der Waals surface area (Å²) in [6.45, 7) is 4.11. The van der Waals surface area contributed by atoms with Gasteiger partial charge in [-0.15, -0.1) is 10.2 Å². The summed E-state index contributed by atoms with van der Waals surface area (Å²) < 4.78 is 2.49. The lowest BCUT2D eigenvalue weighted by molar-refractivity contribution is 0.785. The number of nitrogen functional groups attached to an aromatic ring is 1. The minimum atomic E-state index is 0.0765. The zero-order chi connectivity index (χ0) is 15.9. The van der Waals surface area contributed by atoms with Gasteiger partial charge in [0.2, 0.25) is 5.69 Å². The van der Waals surface area contributed by atoms with E-state index in [4.69, 9.17) is 11.0 Å². The third-order valence-electron chi connectivity index (χ3n) is 3.39. The summed E-state index contributed by atoms with van der Waals surface area (Å²) in [6, 6.07) is 9.83. The van der Waals surface area contributed by atoms with Crippen LogP contribution in [0.4, 0.5) is 5.82 Å². The largest absolute Gasteiger partial charge is 0.381 e. The van der Waals surface area contributed by atoms with Gasteiger partial charge in [-0.1, -0.05) is 41.9 Å². The van der Waals surface area contributed by atoms with Gasteiger partial charge in [0.05, 0.1) is 11.3 Å². The van der Waals surface area contributed by atoms with E-state index >= 15 is 0 Å². The minimum Gasteiger partial charge on any atom is -0.381 e.